The van der Waals surface area contributed by atoms with E-state index in [1.807, 2.05) is 6.07 Å². The molecule has 0 fully saturated rings. The summed E-state index contributed by atoms with van der Waals surface area (Å²) >= 11 is 0. The summed E-state index contributed by atoms with van der Waals surface area (Å²) in [5.41, 5.74) is 0. The summed E-state index contributed by atoms with van der Waals surface area (Å²) in [4.78, 5) is 7.88. The molecule has 0 spiro atoms. The summed E-state index contributed by atoms with van der Waals surface area (Å²) < 4.78 is 5.02. The Balaban J connectivity index is 2.27. The zero-order chi connectivity index (χ0) is 9.52. The first-order chi connectivity index (χ1) is 6.33. The first kappa shape index (κ1) is 9.92. The molecule has 1 N–H and O–H groups in total. The van der Waals surface area contributed by atoms with Crippen LogP contribution in [0.4, 0.5) is 5.82 Å². The van der Waals surface area contributed by atoms with Crippen molar-refractivity contribution in [1.29, 1.82) is 0 Å². The minimum atomic E-state index is 0.486. The highest BCUT2D eigenvalue weighted by Crippen LogP contribution is 2.01. The van der Waals surface area contributed by atoms with E-state index in [1.165, 1.54) is 6.33 Å². The zero-order valence-corrected chi connectivity index (χ0v) is 8.03. The lowest BCUT2D eigenvalue weighted by Crippen LogP contribution is -2.16. The number of hydrogen-bond donors (Lipinski definition) is 1. The van der Waals surface area contributed by atoms with Gasteiger partial charge in [-0.15, -0.1) is 0 Å². The number of rotatable bonds is 5. The van der Waals surface area contributed by atoms with Gasteiger partial charge in [0.05, 0.1) is 6.61 Å². The molecule has 4 heteroatoms. The Bertz CT molecular complexity index is 228. The van der Waals surface area contributed by atoms with Gasteiger partial charge in [-0.3, -0.25) is 0 Å². The molecule has 4 nitrogen and oxygen atoms in total. The molecule has 0 aliphatic rings. The Hall–Kier alpha value is -1.16. The zero-order valence-electron chi connectivity index (χ0n) is 8.03. The second kappa shape index (κ2) is 5.48. The number of methoxy groups -OCH3 is 1. The molecule has 1 rings (SSSR count). The summed E-state index contributed by atoms with van der Waals surface area (Å²) in [6.07, 6.45) is 3.25. The minimum absolute atomic E-state index is 0.486. The lowest BCUT2D eigenvalue weighted by Gasteiger charge is -2.11. The molecule has 1 aromatic rings. The van der Waals surface area contributed by atoms with E-state index in [1.54, 1.807) is 13.3 Å². The van der Waals surface area contributed by atoms with Crippen LogP contribution in [0.1, 0.15) is 6.92 Å². The summed E-state index contributed by atoms with van der Waals surface area (Å²) in [5, 5.41) is 3.20. The van der Waals surface area contributed by atoms with E-state index in [2.05, 4.69) is 22.2 Å². The number of hydrogen-bond acceptors (Lipinski definition) is 4. The molecule has 0 aromatic carbocycles. The van der Waals surface area contributed by atoms with Crippen molar-refractivity contribution in [3.63, 3.8) is 0 Å². The van der Waals surface area contributed by atoms with Gasteiger partial charge in [0.15, 0.2) is 0 Å². The predicted octanol–water partition coefficient (Wildman–Crippen LogP) is 1.17. The highest BCUT2D eigenvalue weighted by atomic mass is 16.5. The Morgan fingerprint density at radius 1 is 1.62 bits per heavy atom. The van der Waals surface area contributed by atoms with Gasteiger partial charge in [0.2, 0.25) is 0 Å². The van der Waals surface area contributed by atoms with Crippen molar-refractivity contribution in [2.45, 2.75) is 6.92 Å². The van der Waals surface area contributed by atoms with Crippen molar-refractivity contribution in [1.82, 2.24) is 9.97 Å². The van der Waals surface area contributed by atoms with E-state index in [0.29, 0.717) is 5.92 Å². The predicted molar refractivity (Wildman–Crippen MR) is 51.6 cm³/mol. The second-order valence-electron chi connectivity index (χ2n) is 3.04. The van der Waals surface area contributed by atoms with Crippen molar-refractivity contribution < 1.29 is 4.74 Å². The standard InChI is InChI=1S/C9H15N3O/c1-8(6-13-2)5-11-9-3-4-10-7-12-9/h3-4,7-8H,5-6H2,1-2H3,(H,10,11,12). The normalized spacial score (nSPS) is 12.5. The van der Waals surface area contributed by atoms with Crippen LogP contribution in [0, 0.1) is 5.92 Å². The molecule has 1 unspecified atom stereocenters. The SMILES string of the molecule is COCC(C)CNc1ccncn1. The van der Waals surface area contributed by atoms with Gasteiger partial charge in [0, 0.05) is 19.9 Å². The Kier molecular flexibility index (Phi) is 4.18. The Labute approximate surface area is 78.4 Å². The molecule has 0 amide bonds. The number of nitrogens with zero attached hydrogens (tertiary/aromatic N) is 2. The topological polar surface area (TPSA) is 47.0 Å². The molecule has 0 saturated carbocycles. The smallest absolute Gasteiger partial charge is 0.129 e. The average Bonchev–Trinajstić information content (AvgIpc) is 2.17. The summed E-state index contributed by atoms with van der Waals surface area (Å²) in [7, 11) is 1.71. The van der Waals surface area contributed by atoms with Crippen LogP contribution in [0.2, 0.25) is 0 Å². The quantitative estimate of drug-likeness (QED) is 0.740. The van der Waals surface area contributed by atoms with Crippen molar-refractivity contribution in [3.05, 3.63) is 18.6 Å². The Morgan fingerprint density at radius 2 is 2.46 bits per heavy atom. The number of nitrogens with one attached hydrogen (secondary N) is 1. The summed E-state index contributed by atoms with van der Waals surface area (Å²) in [6.45, 7) is 3.75. The van der Waals surface area contributed by atoms with Crippen molar-refractivity contribution >= 4 is 5.82 Å². The van der Waals surface area contributed by atoms with Crippen molar-refractivity contribution in [3.8, 4) is 0 Å². The fourth-order valence-electron chi connectivity index (χ4n) is 1.02. The van der Waals surface area contributed by atoms with Gasteiger partial charge in [-0.1, -0.05) is 6.92 Å². The largest absolute Gasteiger partial charge is 0.384 e. The molecular formula is C9H15N3O. The number of aromatic nitrogens is 2. The third kappa shape index (κ3) is 3.85. The Morgan fingerprint density at radius 3 is 3.08 bits per heavy atom. The van der Waals surface area contributed by atoms with Crippen LogP contribution >= 0.6 is 0 Å². The van der Waals surface area contributed by atoms with Gasteiger partial charge < -0.3 is 10.1 Å². The van der Waals surface area contributed by atoms with Crippen LogP contribution in [-0.4, -0.2) is 30.2 Å². The minimum Gasteiger partial charge on any atom is -0.384 e. The molecule has 0 radical (unpaired) electrons. The highest BCUT2D eigenvalue weighted by Gasteiger charge is 2.00. The van der Waals surface area contributed by atoms with Gasteiger partial charge in [-0.2, -0.15) is 0 Å². The van der Waals surface area contributed by atoms with Crippen molar-refractivity contribution in [2.75, 3.05) is 25.6 Å². The van der Waals surface area contributed by atoms with Gasteiger partial charge in [-0.25, -0.2) is 9.97 Å². The van der Waals surface area contributed by atoms with E-state index >= 15 is 0 Å². The molecular weight excluding hydrogens is 166 g/mol. The second-order valence-corrected chi connectivity index (χ2v) is 3.04. The first-order valence-corrected chi connectivity index (χ1v) is 4.31. The third-order valence-corrected chi connectivity index (χ3v) is 1.66. The fourth-order valence-corrected chi connectivity index (χ4v) is 1.02. The van der Waals surface area contributed by atoms with E-state index in [9.17, 15) is 0 Å². The molecule has 72 valence electrons. The molecule has 0 saturated heterocycles. The summed E-state index contributed by atoms with van der Waals surface area (Å²) in [5.74, 6) is 1.35. The van der Waals surface area contributed by atoms with Gasteiger partial charge in [0.1, 0.15) is 12.1 Å². The first-order valence-electron chi connectivity index (χ1n) is 4.31. The highest BCUT2D eigenvalue weighted by molar-refractivity contribution is 5.31. The van der Waals surface area contributed by atoms with Crippen LogP contribution in [0.15, 0.2) is 18.6 Å². The molecule has 1 aromatic heterocycles. The van der Waals surface area contributed by atoms with Crippen LogP contribution in [0.5, 0.6) is 0 Å². The molecule has 1 atom stereocenters. The maximum Gasteiger partial charge on any atom is 0.129 e. The number of ether oxygens (including phenoxy) is 1. The monoisotopic (exact) mass is 181 g/mol. The van der Waals surface area contributed by atoms with Gasteiger partial charge in [0.25, 0.3) is 0 Å². The average molecular weight is 181 g/mol. The van der Waals surface area contributed by atoms with Crippen LogP contribution in [-0.2, 0) is 4.74 Å². The molecule has 0 aliphatic carbocycles. The van der Waals surface area contributed by atoms with Crippen LogP contribution in [0.25, 0.3) is 0 Å². The lowest BCUT2D eigenvalue weighted by atomic mass is 10.2. The molecule has 1 heterocycles. The van der Waals surface area contributed by atoms with E-state index < -0.39 is 0 Å². The maximum atomic E-state index is 5.02. The van der Waals surface area contributed by atoms with Gasteiger partial charge >= 0.3 is 0 Å². The van der Waals surface area contributed by atoms with E-state index in [0.717, 1.165) is 19.0 Å². The number of anilines is 1. The fraction of sp³-hybridized carbons (Fsp3) is 0.556. The lowest BCUT2D eigenvalue weighted by molar-refractivity contribution is 0.164. The van der Waals surface area contributed by atoms with Gasteiger partial charge in [-0.05, 0) is 12.0 Å². The van der Waals surface area contributed by atoms with E-state index in [4.69, 9.17) is 4.74 Å². The summed E-state index contributed by atoms with van der Waals surface area (Å²) in [6, 6.07) is 1.85. The maximum absolute atomic E-state index is 5.02. The van der Waals surface area contributed by atoms with Crippen molar-refractivity contribution in [2.24, 2.45) is 5.92 Å². The molecule has 0 bridgehead atoms. The third-order valence-electron chi connectivity index (χ3n) is 1.66. The van der Waals surface area contributed by atoms with Crippen LogP contribution in [0.3, 0.4) is 0 Å². The molecule has 0 aliphatic heterocycles. The van der Waals surface area contributed by atoms with Crippen LogP contribution < -0.4 is 5.32 Å². The molecule has 13 heavy (non-hydrogen) atoms. The van der Waals surface area contributed by atoms with E-state index in [-0.39, 0.29) is 0 Å².